The van der Waals surface area contributed by atoms with Crippen LogP contribution >= 0.6 is 11.6 Å². The topological polar surface area (TPSA) is 89.9 Å². The normalized spacial score (nSPS) is 16.1. The standard InChI is InChI=1S/C24H29ClN2O4/c25-19-10-6-18(7-11-19)24(31)21(16-27-14-1-2-15-27)26-23(30)5-3-4-22(29)17-8-12-20(28)13-9-17/h6-13,21,24,28,31H,1-5,14-16H2,(H,26,30)/t21-,24-/m1/s1. The van der Waals surface area contributed by atoms with Crippen LogP contribution < -0.4 is 5.32 Å². The summed E-state index contributed by atoms with van der Waals surface area (Å²) in [7, 11) is 0. The second-order valence-electron chi connectivity index (χ2n) is 8.00. The minimum absolute atomic E-state index is 0.0670. The van der Waals surface area contributed by atoms with E-state index in [-0.39, 0.29) is 30.3 Å². The molecule has 1 heterocycles. The molecule has 2 atom stereocenters. The smallest absolute Gasteiger partial charge is 0.220 e. The zero-order chi connectivity index (χ0) is 22.2. The van der Waals surface area contributed by atoms with Crippen LogP contribution in [0.2, 0.25) is 5.02 Å². The number of aliphatic hydroxyl groups is 1. The fraction of sp³-hybridized carbons (Fsp3) is 0.417. The third-order valence-electron chi connectivity index (χ3n) is 5.59. The van der Waals surface area contributed by atoms with Crippen molar-refractivity contribution in [2.45, 2.75) is 44.2 Å². The van der Waals surface area contributed by atoms with E-state index in [9.17, 15) is 19.8 Å². The monoisotopic (exact) mass is 444 g/mol. The molecule has 3 N–H and O–H groups in total. The number of aliphatic hydroxyl groups excluding tert-OH is 1. The second-order valence-corrected chi connectivity index (χ2v) is 8.44. The number of phenolic OH excluding ortho intramolecular Hbond substituents is 1. The molecule has 6 nitrogen and oxygen atoms in total. The van der Waals surface area contributed by atoms with Gasteiger partial charge in [0.15, 0.2) is 5.78 Å². The van der Waals surface area contributed by atoms with Crippen molar-refractivity contribution in [2.24, 2.45) is 0 Å². The zero-order valence-electron chi connectivity index (χ0n) is 17.5. The summed E-state index contributed by atoms with van der Waals surface area (Å²) in [5.74, 6) is -0.141. The fourth-order valence-electron chi connectivity index (χ4n) is 3.84. The van der Waals surface area contributed by atoms with Gasteiger partial charge >= 0.3 is 0 Å². The Kier molecular flexibility index (Phi) is 8.46. The highest BCUT2D eigenvalue weighted by Crippen LogP contribution is 2.22. The number of aromatic hydroxyl groups is 1. The molecule has 0 bridgehead atoms. The first-order valence-corrected chi connectivity index (χ1v) is 11.1. The molecule has 0 saturated carbocycles. The Morgan fingerprint density at radius 3 is 2.29 bits per heavy atom. The van der Waals surface area contributed by atoms with Crippen LogP contribution in [-0.4, -0.2) is 52.5 Å². The number of nitrogens with one attached hydrogen (secondary N) is 1. The number of carbonyl (C=O) groups excluding carboxylic acids is 2. The third kappa shape index (κ3) is 7.06. The molecular weight excluding hydrogens is 416 g/mol. The van der Waals surface area contributed by atoms with Gasteiger partial charge in [-0.2, -0.15) is 0 Å². The minimum Gasteiger partial charge on any atom is -0.508 e. The summed E-state index contributed by atoms with van der Waals surface area (Å²) in [4.78, 5) is 27.1. The first-order chi connectivity index (χ1) is 14.9. The summed E-state index contributed by atoms with van der Waals surface area (Å²) >= 11 is 5.95. The molecule has 7 heteroatoms. The number of Topliss-reactive ketones (excluding diaryl/α,β-unsaturated/α-hetero) is 1. The molecule has 0 radical (unpaired) electrons. The van der Waals surface area contributed by atoms with Gasteiger partial charge in [-0.15, -0.1) is 0 Å². The molecule has 2 aromatic carbocycles. The van der Waals surface area contributed by atoms with Crippen molar-refractivity contribution in [3.05, 3.63) is 64.7 Å². The van der Waals surface area contributed by atoms with Gasteiger partial charge in [-0.05, 0) is 74.3 Å². The molecule has 1 fully saturated rings. The number of likely N-dealkylation sites (tertiary alicyclic amines) is 1. The van der Waals surface area contributed by atoms with Gasteiger partial charge in [0.1, 0.15) is 11.9 Å². The van der Waals surface area contributed by atoms with Crippen LogP contribution in [0.25, 0.3) is 0 Å². The molecule has 2 aromatic rings. The Morgan fingerprint density at radius 2 is 1.65 bits per heavy atom. The van der Waals surface area contributed by atoms with Crippen molar-refractivity contribution < 1.29 is 19.8 Å². The fourth-order valence-corrected chi connectivity index (χ4v) is 3.97. The molecule has 166 valence electrons. The van der Waals surface area contributed by atoms with Crippen molar-refractivity contribution in [3.8, 4) is 5.75 Å². The molecular formula is C24H29ClN2O4. The number of amides is 1. The van der Waals surface area contributed by atoms with Crippen LogP contribution in [0.15, 0.2) is 48.5 Å². The molecule has 1 aliphatic heterocycles. The molecule has 0 aromatic heterocycles. The summed E-state index contributed by atoms with van der Waals surface area (Å²) in [5.41, 5.74) is 1.22. The average molecular weight is 445 g/mol. The van der Waals surface area contributed by atoms with Crippen LogP contribution in [0.5, 0.6) is 5.75 Å². The summed E-state index contributed by atoms with van der Waals surface area (Å²) in [6.45, 7) is 2.49. The lowest BCUT2D eigenvalue weighted by Gasteiger charge is -2.28. The first kappa shape index (κ1) is 23.3. The molecule has 1 aliphatic rings. The maximum absolute atomic E-state index is 12.6. The van der Waals surface area contributed by atoms with E-state index in [0.717, 1.165) is 25.9 Å². The highest BCUT2D eigenvalue weighted by Gasteiger charge is 2.26. The molecule has 0 aliphatic carbocycles. The van der Waals surface area contributed by atoms with Gasteiger partial charge in [0.05, 0.1) is 6.04 Å². The number of ketones is 1. The van der Waals surface area contributed by atoms with Gasteiger partial charge in [0, 0.05) is 30.0 Å². The van der Waals surface area contributed by atoms with Gasteiger partial charge in [-0.3, -0.25) is 9.59 Å². The Bertz CT molecular complexity index is 864. The van der Waals surface area contributed by atoms with Crippen molar-refractivity contribution in [3.63, 3.8) is 0 Å². The average Bonchev–Trinajstić information content (AvgIpc) is 3.27. The van der Waals surface area contributed by atoms with Gasteiger partial charge in [-0.1, -0.05) is 23.7 Å². The zero-order valence-corrected chi connectivity index (χ0v) is 18.2. The number of rotatable bonds is 10. The number of phenols is 1. The Labute approximate surface area is 187 Å². The summed E-state index contributed by atoms with van der Waals surface area (Å²) < 4.78 is 0. The highest BCUT2D eigenvalue weighted by molar-refractivity contribution is 6.30. The van der Waals surface area contributed by atoms with Crippen molar-refractivity contribution >= 4 is 23.3 Å². The van der Waals surface area contributed by atoms with Crippen LogP contribution in [0.3, 0.4) is 0 Å². The minimum atomic E-state index is -0.847. The van der Waals surface area contributed by atoms with E-state index in [2.05, 4.69) is 10.2 Å². The lowest BCUT2D eigenvalue weighted by molar-refractivity contribution is -0.123. The van der Waals surface area contributed by atoms with E-state index in [1.807, 2.05) is 0 Å². The van der Waals surface area contributed by atoms with Crippen molar-refractivity contribution in [1.29, 1.82) is 0 Å². The molecule has 1 amide bonds. The van der Waals surface area contributed by atoms with Crippen molar-refractivity contribution in [1.82, 2.24) is 10.2 Å². The maximum atomic E-state index is 12.6. The number of hydrogen-bond donors (Lipinski definition) is 3. The highest BCUT2D eigenvalue weighted by atomic mass is 35.5. The molecule has 0 spiro atoms. The summed E-state index contributed by atoms with van der Waals surface area (Å²) in [6.07, 6.45) is 2.26. The van der Waals surface area contributed by atoms with Crippen molar-refractivity contribution in [2.75, 3.05) is 19.6 Å². The van der Waals surface area contributed by atoms with E-state index in [0.29, 0.717) is 29.1 Å². The molecule has 1 saturated heterocycles. The first-order valence-electron chi connectivity index (χ1n) is 10.7. The van der Waals surface area contributed by atoms with E-state index in [4.69, 9.17) is 11.6 Å². The third-order valence-corrected chi connectivity index (χ3v) is 5.84. The van der Waals surface area contributed by atoms with Gasteiger partial charge in [0.2, 0.25) is 5.91 Å². The number of nitrogens with zero attached hydrogens (tertiary/aromatic N) is 1. The predicted octanol–water partition coefficient (Wildman–Crippen LogP) is 3.71. The second kappa shape index (κ2) is 11.3. The predicted molar refractivity (Wildman–Crippen MR) is 120 cm³/mol. The van der Waals surface area contributed by atoms with E-state index in [1.165, 1.54) is 12.1 Å². The summed E-state index contributed by atoms with van der Waals surface area (Å²) in [5, 5.41) is 23.8. The number of hydrogen-bond acceptors (Lipinski definition) is 5. The van der Waals surface area contributed by atoms with E-state index >= 15 is 0 Å². The Hall–Kier alpha value is -2.41. The molecule has 3 rings (SSSR count). The van der Waals surface area contributed by atoms with Crippen LogP contribution in [0.4, 0.5) is 0 Å². The number of benzene rings is 2. The van der Waals surface area contributed by atoms with Gasteiger partial charge in [0.25, 0.3) is 0 Å². The van der Waals surface area contributed by atoms with E-state index < -0.39 is 12.1 Å². The summed E-state index contributed by atoms with van der Waals surface area (Å²) in [6, 6.07) is 12.6. The van der Waals surface area contributed by atoms with Crippen LogP contribution in [-0.2, 0) is 4.79 Å². The van der Waals surface area contributed by atoms with Gasteiger partial charge in [-0.25, -0.2) is 0 Å². The molecule has 31 heavy (non-hydrogen) atoms. The quantitative estimate of drug-likeness (QED) is 0.486. The molecule has 0 unspecified atom stereocenters. The number of halogens is 1. The van der Waals surface area contributed by atoms with Crippen LogP contribution in [0, 0.1) is 0 Å². The van der Waals surface area contributed by atoms with Crippen LogP contribution in [0.1, 0.15) is 54.1 Å². The maximum Gasteiger partial charge on any atom is 0.220 e. The lowest BCUT2D eigenvalue weighted by atomic mass is 10.0. The largest absolute Gasteiger partial charge is 0.508 e. The SMILES string of the molecule is O=C(CCCC(=O)c1ccc(O)cc1)N[C@H](CN1CCCC1)[C@H](O)c1ccc(Cl)cc1. The Balaban J connectivity index is 1.54. The van der Waals surface area contributed by atoms with E-state index in [1.54, 1.807) is 36.4 Å². The van der Waals surface area contributed by atoms with Gasteiger partial charge < -0.3 is 20.4 Å². The lowest BCUT2D eigenvalue weighted by Crippen LogP contribution is -2.46. The Morgan fingerprint density at radius 1 is 1.00 bits per heavy atom. The number of carbonyl (C=O) groups is 2.